The van der Waals surface area contributed by atoms with Crippen LogP contribution in [-0.2, 0) is 39.0 Å². The van der Waals surface area contributed by atoms with Crippen LogP contribution in [0.4, 0.5) is 28.9 Å². The molecule has 5 N–H and O–H groups in total. The molecular formula is C80H97ClF4N10O10S4. The molecule has 5 heterocycles. The van der Waals surface area contributed by atoms with Gasteiger partial charge in [0.1, 0.15) is 22.8 Å². The first-order chi connectivity index (χ1) is 51.8. The van der Waals surface area contributed by atoms with Crippen molar-refractivity contribution in [3.63, 3.8) is 0 Å². The number of rotatable bonds is 29. The number of amides is 5. The van der Waals surface area contributed by atoms with Gasteiger partial charge in [-0.05, 0) is 171 Å². The molecule has 29 heteroatoms. The van der Waals surface area contributed by atoms with Crippen molar-refractivity contribution in [1.82, 2.24) is 39.9 Å². The number of alkyl halides is 3. The number of carbonyl (C=O) groups excluding carboxylic acids is 5. The monoisotopic (exact) mass is 1600 g/mol. The summed E-state index contributed by atoms with van der Waals surface area (Å²) in [7, 11) is -11.1. The molecule has 20 nitrogen and oxygen atoms in total. The van der Waals surface area contributed by atoms with Gasteiger partial charge in [-0.15, -0.1) is 23.1 Å². The summed E-state index contributed by atoms with van der Waals surface area (Å²) in [4.78, 5) is 82.9. The average Bonchev–Trinajstić information content (AvgIpc) is 1.62. The number of aromatic nitrogens is 1. The highest BCUT2D eigenvalue weighted by molar-refractivity contribution is 7.99. The van der Waals surface area contributed by atoms with Crippen molar-refractivity contribution in [1.29, 1.82) is 0 Å². The molecule has 5 aromatic carbocycles. The number of aliphatic hydroxyl groups is 1. The third-order valence-corrected chi connectivity index (χ3v) is 27.6. The lowest BCUT2D eigenvalue weighted by Gasteiger charge is -2.38. The van der Waals surface area contributed by atoms with Gasteiger partial charge in [0, 0.05) is 130 Å². The lowest BCUT2D eigenvalue weighted by molar-refractivity contribution is -0.144. The van der Waals surface area contributed by atoms with E-state index in [1.165, 1.54) is 53.3 Å². The number of halogens is 5. The fourth-order valence-electron chi connectivity index (χ4n) is 15.9. The van der Waals surface area contributed by atoms with Crippen LogP contribution in [0.25, 0.3) is 16.0 Å². The number of thioether (sulfide) groups is 1. The van der Waals surface area contributed by atoms with Crippen LogP contribution >= 0.6 is 34.7 Å². The summed E-state index contributed by atoms with van der Waals surface area (Å²) in [5, 5.41) is 20.1. The Labute approximate surface area is 649 Å². The number of allylic oxidation sites excluding steroid dienone is 1. The van der Waals surface area contributed by atoms with Gasteiger partial charge in [0.15, 0.2) is 0 Å². The SMILES string of the molecule is Cc1ncsc1-c1ccc([C@H](C)NC(=O)[C@@H]2C[C@@H](O)CN2C(=O)[C@@H](NC(=O)CCCCCCC(=O)N2C[C@H]3CN(CC[C@H](CSc4ccccc4)Nc4ccc(S(=O)(=O)NC(=O)c5ccc(N6CCN(CC7=C(c8ccc(Cl)cc8F)CCC8(CC8)C7)CC6)cc5)cc4S(=O)(=O)C(F)(F)F)C[C@H]3C2)C(C)(C)C)cc1. The van der Waals surface area contributed by atoms with Crippen LogP contribution in [0.5, 0.6) is 0 Å². The number of β-amino-alcohol motifs (C(OH)–C–C–N with tert-alkyl or cyclic N) is 1. The van der Waals surface area contributed by atoms with Crippen molar-refractivity contribution in [2.24, 2.45) is 22.7 Å². The standard InChI is InChI=1S/C80H97ClF4N10O10S4/c1-51(53-17-19-54(20-18-53)73-52(2)86-50-107-73)87-76(100)69-40-62(96)48-95(69)77(101)74(78(3,4)5)89-71(97)15-11-6-7-12-16-72(98)94-46-57-44-92(45-58(57)47-94)34-30-60(49-106-63-13-9-8-10-14-63)88-68-28-26-64(41-70(68)108(102,103)80(83,84)85)109(104,105)90-75(99)55-21-24-61(25-22-55)93-37-35-91(36-38-93)43-56-42-79(32-33-79)31-29-65(56)66-27-23-59(81)39-67(66)82/h8-10,13-14,17-28,39,41,50-51,57-58,60,62,69,74,88,96H,6-7,11-12,15-16,29-38,40,42-49H2,1-5H3,(H,87,100)(H,89,97)(H,90,99)/t51-,57-,58+,60+,62+,69-,74+/m0/s1. The highest BCUT2D eigenvalue weighted by Gasteiger charge is 2.50. The van der Waals surface area contributed by atoms with Crippen LogP contribution < -0.4 is 25.6 Å². The molecule has 6 aromatic rings. The van der Waals surface area contributed by atoms with E-state index in [-0.39, 0.29) is 66.2 Å². The van der Waals surface area contributed by atoms with Crippen molar-refractivity contribution in [2.45, 2.75) is 169 Å². The lowest BCUT2D eigenvalue weighted by Crippen LogP contribution is -2.57. The molecule has 2 aliphatic carbocycles. The predicted octanol–water partition coefficient (Wildman–Crippen LogP) is 12.9. The molecule has 0 radical (unpaired) electrons. The summed E-state index contributed by atoms with van der Waals surface area (Å²) < 4.78 is 116. The molecule has 0 unspecified atom stereocenters. The Bertz CT molecular complexity index is 4540. The number of benzene rings is 5. The number of likely N-dealkylation sites (tertiary alicyclic amines) is 3. The Balaban J connectivity index is 0.595. The number of unbranched alkanes of at least 4 members (excludes halogenated alkanes) is 3. The van der Waals surface area contributed by atoms with Crippen LogP contribution in [0.1, 0.15) is 144 Å². The first-order valence-corrected chi connectivity index (χ1v) is 42.8. The smallest absolute Gasteiger partial charge is 0.391 e. The number of sulfone groups is 1. The number of hydrogen-bond donors (Lipinski definition) is 5. The molecule has 1 saturated carbocycles. The van der Waals surface area contributed by atoms with E-state index in [0.29, 0.717) is 106 Å². The van der Waals surface area contributed by atoms with Gasteiger partial charge in [0.05, 0.1) is 38.8 Å². The fourth-order valence-corrected chi connectivity index (χ4v) is 19.9. The molecular weight excluding hydrogens is 1500 g/mol. The number of piperazine rings is 1. The van der Waals surface area contributed by atoms with E-state index >= 15 is 4.39 Å². The largest absolute Gasteiger partial charge is 0.501 e. The number of nitrogens with zero attached hydrogens (tertiary/aromatic N) is 6. The summed E-state index contributed by atoms with van der Waals surface area (Å²) >= 11 is 9.07. The van der Waals surface area contributed by atoms with Gasteiger partial charge in [-0.3, -0.25) is 28.9 Å². The van der Waals surface area contributed by atoms with Crippen molar-refractivity contribution in [3.8, 4) is 10.4 Å². The fraction of sp³-hybridized carbons (Fsp3) is 0.500. The maximum atomic E-state index is 15.2. The van der Waals surface area contributed by atoms with Crippen LogP contribution in [0, 0.1) is 35.4 Å². The van der Waals surface area contributed by atoms with Gasteiger partial charge in [-0.2, -0.15) is 13.2 Å². The third-order valence-electron chi connectivity index (χ3n) is 22.4. The molecule has 4 saturated heterocycles. The van der Waals surface area contributed by atoms with Gasteiger partial charge in [0.25, 0.3) is 25.8 Å². The minimum atomic E-state index is -6.18. The van der Waals surface area contributed by atoms with Crippen LogP contribution in [-0.4, -0.2) is 184 Å². The summed E-state index contributed by atoms with van der Waals surface area (Å²) in [6.45, 7) is 15.6. The second kappa shape index (κ2) is 34.3. The summed E-state index contributed by atoms with van der Waals surface area (Å²) in [6, 6.07) is 27.7. The zero-order chi connectivity index (χ0) is 77.7. The van der Waals surface area contributed by atoms with Gasteiger partial charge in [-0.1, -0.05) is 99.3 Å². The highest BCUT2D eigenvalue weighted by Crippen LogP contribution is 2.59. The topological polar surface area (TPSA) is 251 Å². The van der Waals surface area contributed by atoms with Crippen molar-refractivity contribution < 1.29 is 63.5 Å². The Kier molecular flexibility index (Phi) is 25.5. The summed E-state index contributed by atoms with van der Waals surface area (Å²) in [5.74, 6) is -1.88. The molecule has 586 valence electrons. The molecule has 5 amide bonds. The number of anilines is 2. The van der Waals surface area contributed by atoms with Gasteiger partial charge in [0.2, 0.25) is 23.6 Å². The number of aryl methyl sites for hydroxylation is 1. The first-order valence-electron chi connectivity index (χ1n) is 37.6. The predicted molar refractivity (Wildman–Crippen MR) is 417 cm³/mol. The number of aliphatic hydroxyl groups excluding tert-OH is 1. The van der Waals surface area contributed by atoms with Crippen LogP contribution in [0.3, 0.4) is 0 Å². The number of nitrogens with one attached hydrogen (secondary N) is 4. The van der Waals surface area contributed by atoms with Crippen molar-refractivity contribution in [2.75, 3.05) is 88.0 Å². The normalized spacial score (nSPS) is 20.6. The Morgan fingerprint density at radius 2 is 1.48 bits per heavy atom. The summed E-state index contributed by atoms with van der Waals surface area (Å²) in [5.41, 5.74) is 1.58. The second-order valence-corrected chi connectivity index (χ2v) is 37.3. The zero-order valence-electron chi connectivity index (χ0n) is 62.1. The quantitative estimate of drug-likeness (QED) is 0.0166. The maximum absolute atomic E-state index is 15.2. The Hall–Kier alpha value is -7.44. The first kappa shape index (κ1) is 81.1. The molecule has 0 bridgehead atoms. The van der Waals surface area contributed by atoms with E-state index < -0.39 is 88.2 Å². The van der Waals surface area contributed by atoms with Crippen LogP contribution in [0.2, 0.25) is 5.02 Å². The van der Waals surface area contributed by atoms with Gasteiger partial charge >= 0.3 is 5.51 Å². The van der Waals surface area contributed by atoms with Gasteiger partial charge < -0.3 is 40.7 Å². The van der Waals surface area contributed by atoms with Crippen molar-refractivity contribution in [3.05, 3.63) is 160 Å². The third kappa shape index (κ3) is 19.9. The van der Waals surface area contributed by atoms with E-state index in [0.717, 1.165) is 88.9 Å². The van der Waals surface area contributed by atoms with E-state index in [9.17, 15) is 59.1 Å². The minimum Gasteiger partial charge on any atom is -0.391 e. The summed E-state index contributed by atoms with van der Waals surface area (Å²) in [6.07, 6.45) is 7.65. The molecule has 12 rings (SSSR count). The average molecular weight is 1600 g/mol. The lowest BCUT2D eigenvalue weighted by atomic mass is 9.78. The van der Waals surface area contributed by atoms with Crippen LogP contribution in [0.15, 0.2) is 141 Å². The van der Waals surface area contributed by atoms with Gasteiger partial charge in [-0.25, -0.2) is 30.9 Å². The molecule has 4 aliphatic heterocycles. The Morgan fingerprint density at radius 1 is 0.789 bits per heavy atom. The molecule has 1 spiro atoms. The number of thiazole rings is 1. The molecule has 109 heavy (non-hydrogen) atoms. The molecule has 5 fully saturated rings. The minimum absolute atomic E-state index is 0.0383. The second-order valence-electron chi connectivity index (χ2n) is 31.4. The van der Waals surface area contributed by atoms with E-state index in [1.807, 2.05) is 98.8 Å². The van der Waals surface area contributed by atoms with Crippen molar-refractivity contribution >= 4 is 101 Å². The number of hydrogen-bond acceptors (Lipinski definition) is 17. The maximum Gasteiger partial charge on any atom is 0.501 e. The molecule has 1 aromatic heterocycles. The molecule has 6 aliphatic rings. The number of sulfonamides is 1. The number of carbonyl (C=O) groups is 5. The van der Waals surface area contributed by atoms with E-state index in [2.05, 4.69) is 35.6 Å². The molecule has 7 atom stereocenters. The zero-order valence-corrected chi connectivity index (χ0v) is 66.1. The van der Waals surface area contributed by atoms with E-state index in [4.69, 9.17) is 11.6 Å². The van der Waals surface area contributed by atoms with E-state index in [1.54, 1.807) is 41.1 Å². The highest BCUT2D eigenvalue weighted by atomic mass is 35.5. The Morgan fingerprint density at radius 3 is 2.12 bits per heavy atom. The number of fused-ring (bicyclic) bond motifs is 1.